The van der Waals surface area contributed by atoms with E-state index in [0.717, 1.165) is 27.5 Å². The fourth-order valence-corrected chi connectivity index (χ4v) is 3.97. The van der Waals surface area contributed by atoms with E-state index in [0.29, 0.717) is 13.2 Å². The molecule has 0 aliphatic rings. The van der Waals surface area contributed by atoms with Gasteiger partial charge in [-0.25, -0.2) is 4.98 Å². The number of aromatic nitrogens is 2. The van der Waals surface area contributed by atoms with Crippen LogP contribution in [-0.4, -0.2) is 28.4 Å². The zero-order chi connectivity index (χ0) is 19.5. The van der Waals surface area contributed by atoms with Gasteiger partial charge in [-0.15, -0.1) is 11.3 Å². The molecule has 0 bridgehead atoms. The van der Waals surface area contributed by atoms with E-state index in [1.165, 1.54) is 10.3 Å². The molecule has 0 radical (unpaired) electrons. The van der Waals surface area contributed by atoms with Crippen LogP contribution >= 0.6 is 11.3 Å². The fourth-order valence-electron chi connectivity index (χ4n) is 3.10. The number of carbonyl (C=O) groups excluding carboxylic acids is 1. The summed E-state index contributed by atoms with van der Waals surface area (Å²) in [5, 5.41) is 5.16. The van der Waals surface area contributed by atoms with Gasteiger partial charge in [0.25, 0.3) is 0 Å². The molecule has 1 N–H and O–H groups in total. The second-order valence-corrected chi connectivity index (χ2v) is 7.77. The van der Waals surface area contributed by atoms with Crippen LogP contribution in [0.25, 0.3) is 21.8 Å². The molecule has 28 heavy (non-hydrogen) atoms. The van der Waals surface area contributed by atoms with Crippen molar-refractivity contribution < 1.29 is 9.53 Å². The summed E-state index contributed by atoms with van der Waals surface area (Å²) < 4.78 is 7.76. The maximum atomic E-state index is 12.1. The summed E-state index contributed by atoms with van der Waals surface area (Å²) in [6.45, 7) is 4.85. The minimum absolute atomic E-state index is 0.150. The van der Waals surface area contributed by atoms with Gasteiger partial charge in [0.15, 0.2) is 4.96 Å². The lowest BCUT2D eigenvalue weighted by molar-refractivity contribution is -0.116. The first-order chi connectivity index (χ1) is 13.6. The van der Waals surface area contributed by atoms with E-state index in [2.05, 4.69) is 22.4 Å². The summed E-state index contributed by atoms with van der Waals surface area (Å²) in [6, 6.07) is 14.1. The molecule has 0 aliphatic carbocycles. The maximum absolute atomic E-state index is 12.1. The molecule has 0 saturated carbocycles. The van der Waals surface area contributed by atoms with Crippen LogP contribution in [0.15, 0.2) is 54.7 Å². The molecule has 0 saturated heterocycles. The number of rotatable bonds is 6. The van der Waals surface area contributed by atoms with Crippen molar-refractivity contribution in [1.29, 1.82) is 0 Å². The molecule has 5 nitrogen and oxygen atoms in total. The van der Waals surface area contributed by atoms with Gasteiger partial charge in [-0.1, -0.05) is 30.3 Å². The number of benzene rings is 2. The lowest BCUT2D eigenvalue weighted by Gasteiger charge is -2.07. The predicted octanol–water partition coefficient (Wildman–Crippen LogP) is 4.37. The third-order valence-electron chi connectivity index (χ3n) is 4.45. The number of hydrogen-bond acceptors (Lipinski definition) is 4. The molecule has 2 heterocycles. The second kappa shape index (κ2) is 7.86. The molecule has 0 spiro atoms. The Morgan fingerprint density at radius 1 is 1.21 bits per heavy atom. The first-order valence-electron chi connectivity index (χ1n) is 9.13. The molecule has 2 aromatic carbocycles. The minimum atomic E-state index is -0.150. The molecule has 6 heteroatoms. The number of nitrogens with one attached hydrogen (secondary N) is 1. The third-order valence-corrected chi connectivity index (χ3v) is 5.34. The highest BCUT2D eigenvalue weighted by Crippen LogP contribution is 2.22. The first kappa shape index (κ1) is 18.3. The van der Waals surface area contributed by atoms with Gasteiger partial charge >= 0.3 is 0 Å². The van der Waals surface area contributed by atoms with E-state index in [-0.39, 0.29) is 5.91 Å². The van der Waals surface area contributed by atoms with Crippen LogP contribution in [0.4, 0.5) is 0 Å². The maximum Gasteiger partial charge on any atom is 0.244 e. The second-order valence-electron chi connectivity index (χ2n) is 6.56. The average molecular weight is 391 g/mol. The van der Waals surface area contributed by atoms with Gasteiger partial charge < -0.3 is 10.1 Å². The quantitative estimate of drug-likeness (QED) is 0.392. The number of carbonyl (C=O) groups is 1. The Labute approximate surface area is 167 Å². The topological polar surface area (TPSA) is 55.6 Å². The zero-order valence-corrected chi connectivity index (χ0v) is 16.6. The van der Waals surface area contributed by atoms with E-state index in [1.807, 2.05) is 54.8 Å². The van der Waals surface area contributed by atoms with Gasteiger partial charge in [-0.05, 0) is 42.8 Å². The van der Waals surface area contributed by atoms with Crippen molar-refractivity contribution in [2.45, 2.75) is 13.8 Å². The first-order valence-corrected chi connectivity index (χ1v) is 9.94. The van der Waals surface area contributed by atoms with Crippen LogP contribution in [0.2, 0.25) is 0 Å². The number of amides is 1. The summed E-state index contributed by atoms with van der Waals surface area (Å²) >= 11 is 1.64. The van der Waals surface area contributed by atoms with Crippen LogP contribution in [0.1, 0.15) is 16.3 Å². The Morgan fingerprint density at radius 3 is 2.89 bits per heavy atom. The van der Waals surface area contributed by atoms with Crippen LogP contribution in [0, 0.1) is 13.8 Å². The molecular formula is C22H21N3O2S. The molecule has 2 aromatic heterocycles. The molecule has 0 unspecified atom stereocenters. The average Bonchev–Trinajstić information content (AvgIpc) is 3.18. The number of nitrogens with zero attached hydrogens (tertiary/aromatic N) is 2. The van der Waals surface area contributed by atoms with Crippen LogP contribution < -0.4 is 10.1 Å². The van der Waals surface area contributed by atoms with Gasteiger partial charge in [0, 0.05) is 17.2 Å². The Morgan fingerprint density at radius 2 is 2.04 bits per heavy atom. The highest BCUT2D eigenvalue weighted by molar-refractivity contribution is 7.17. The van der Waals surface area contributed by atoms with E-state index in [1.54, 1.807) is 23.5 Å². The fraction of sp³-hybridized carbons (Fsp3) is 0.182. The standard InChI is InChI=1S/C22H21N3O2S/c1-15-14-25-20(16(2)24-22(25)28-15)9-10-21(26)23-11-12-27-19-8-7-17-5-3-4-6-18(17)13-19/h3-10,13-14H,11-12H2,1-2H3,(H,23,26)/b10-9+. The zero-order valence-electron chi connectivity index (χ0n) is 15.8. The Bertz CT molecular complexity index is 1170. The predicted molar refractivity (Wildman–Crippen MR) is 114 cm³/mol. The van der Waals surface area contributed by atoms with Crippen LogP contribution in [-0.2, 0) is 4.79 Å². The Kier molecular flexibility index (Phi) is 5.12. The number of thiazole rings is 1. The number of imidazole rings is 1. The molecule has 4 rings (SSSR count). The van der Waals surface area contributed by atoms with Crippen LogP contribution in [0.3, 0.4) is 0 Å². The van der Waals surface area contributed by atoms with Gasteiger partial charge in [0.1, 0.15) is 12.4 Å². The highest BCUT2D eigenvalue weighted by atomic mass is 32.1. The number of fused-ring (bicyclic) bond motifs is 2. The van der Waals surface area contributed by atoms with Crippen molar-refractivity contribution in [3.63, 3.8) is 0 Å². The van der Waals surface area contributed by atoms with Crippen molar-refractivity contribution in [2.24, 2.45) is 0 Å². The van der Waals surface area contributed by atoms with Crippen molar-refractivity contribution in [1.82, 2.24) is 14.7 Å². The SMILES string of the molecule is Cc1cn2c(/C=C/C(=O)NCCOc3ccc4ccccc4c3)c(C)nc2s1. The van der Waals surface area contributed by atoms with E-state index in [9.17, 15) is 4.79 Å². The monoisotopic (exact) mass is 391 g/mol. The largest absolute Gasteiger partial charge is 0.492 e. The highest BCUT2D eigenvalue weighted by Gasteiger charge is 2.08. The number of aryl methyl sites for hydroxylation is 2. The lowest BCUT2D eigenvalue weighted by Crippen LogP contribution is -2.26. The lowest BCUT2D eigenvalue weighted by atomic mass is 10.1. The van der Waals surface area contributed by atoms with Gasteiger partial charge in [0.05, 0.1) is 17.9 Å². The summed E-state index contributed by atoms with van der Waals surface area (Å²) in [7, 11) is 0. The van der Waals surface area contributed by atoms with E-state index >= 15 is 0 Å². The summed E-state index contributed by atoms with van der Waals surface area (Å²) in [6.07, 6.45) is 5.38. The van der Waals surface area contributed by atoms with Crippen molar-refractivity contribution in [2.75, 3.05) is 13.2 Å². The summed E-state index contributed by atoms with van der Waals surface area (Å²) in [5.41, 5.74) is 1.84. The molecule has 0 aliphatic heterocycles. The van der Waals surface area contributed by atoms with Crippen LogP contribution in [0.5, 0.6) is 5.75 Å². The molecular weight excluding hydrogens is 370 g/mol. The van der Waals surface area contributed by atoms with E-state index in [4.69, 9.17) is 4.74 Å². The third kappa shape index (κ3) is 3.92. The van der Waals surface area contributed by atoms with E-state index < -0.39 is 0 Å². The molecule has 0 atom stereocenters. The minimum Gasteiger partial charge on any atom is -0.492 e. The molecule has 142 valence electrons. The normalized spacial score (nSPS) is 11.5. The molecule has 0 fully saturated rings. The van der Waals surface area contributed by atoms with Gasteiger partial charge in [0.2, 0.25) is 5.91 Å². The smallest absolute Gasteiger partial charge is 0.244 e. The van der Waals surface area contributed by atoms with Gasteiger partial charge in [-0.3, -0.25) is 9.20 Å². The number of hydrogen-bond donors (Lipinski definition) is 1. The Hall–Kier alpha value is -3.12. The van der Waals surface area contributed by atoms with Gasteiger partial charge in [-0.2, -0.15) is 0 Å². The van der Waals surface area contributed by atoms with Crippen molar-refractivity contribution in [3.8, 4) is 5.75 Å². The van der Waals surface area contributed by atoms with Crippen molar-refractivity contribution in [3.05, 3.63) is 71.0 Å². The summed E-state index contributed by atoms with van der Waals surface area (Å²) in [4.78, 5) is 18.7. The number of ether oxygens (including phenoxy) is 1. The molecule has 4 aromatic rings. The van der Waals surface area contributed by atoms with Crippen molar-refractivity contribution >= 4 is 39.1 Å². The Balaban J connectivity index is 1.30. The molecule has 1 amide bonds. The summed E-state index contributed by atoms with van der Waals surface area (Å²) in [5.74, 6) is 0.650.